The number of hydrogen-bond donors (Lipinski definition) is 1. The average molecular weight is 548 g/mol. The Bertz CT molecular complexity index is 1350. The predicted molar refractivity (Wildman–Crippen MR) is 143 cm³/mol. The van der Waals surface area contributed by atoms with Crippen molar-refractivity contribution in [1.29, 1.82) is 0 Å². The molecule has 0 aromatic heterocycles. The summed E-state index contributed by atoms with van der Waals surface area (Å²) in [6.45, 7) is 3.06. The van der Waals surface area contributed by atoms with E-state index in [2.05, 4.69) is 5.32 Å². The van der Waals surface area contributed by atoms with Crippen LogP contribution in [0, 0.1) is 6.92 Å². The summed E-state index contributed by atoms with van der Waals surface area (Å²) in [5.74, 6) is -0.948. The summed E-state index contributed by atoms with van der Waals surface area (Å²) >= 11 is 12.4. The fourth-order valence-electron chi connectivity index (χ4n) is 3.72. The molecular weight excluding hydrogens is 521 g/mol. The van der Waals surface area contributed by atoms with Crippen LogP contribution in [-0.4, -0.2) is 44.8 Å². The van der Waals surface area contributed by atoms with Crippen molar-refractivity contribution < 1.29 is 18.0 Å². The van der Waals surface area contributed by atoms with E-state index in [9.17, 15) is 18.0 Å². The number of rotatable bonds is 9. The molecule has 2 amide bonds. The Balaban J connectivity index is 2.06. The lowest BCUT2D eigenvalue weighted by Gasteiger charge is -2.32. The topological polar surface area (TPSA) is 86.8 Å². The van der Waals surface area contributed by atoms with E-state index in [1.807, 2.05) is 31.2 Å². The molecule has 1 atom stereocenters. The quantitative estimate of drug-likeness (QED) is 0.422. The maximum atomic E-state index is 13.7. The summed E-state index contributed by atoms with van der Waals surface area (Å²) in [7, 11) is -2.71. The summed E-state index contributed by atoms with van der Waals surface area (Å²) in [6.07, 6.45) is 0. The van der Waals surface area contributed by atoms with Crippen LogP contribution in [0.15, 0.2) is 77.7 Å². The first-order chi connectivity index (χ1) is 17.0. The molecule has 0 saturated carbocycles. The highest BCUT2D eigenvalue weighted by Gasteiger charge is 2.33. The number of benzene rings is 3. The van der Waals surface area contributed by atoms with Crippen LogP contribution in [0.4, 0.5) is 5.69 Å². The van der Waals surface area contributed by atoms with Gasteiger partial charge in [0.05, 0.1) is 15.6 Å². The number of likely N-dealkylation sites (N-methyl/N-ethyl adjacent to an activating group) is 1. The number of carbonyl (C=O) groups is 2. The molecule has 10 heteroatoms. The summed E-state index contributed by atoms with van der Waals surface area (Å²) in [5.41, 5.74) is 1.90. The lowest BCUT2D eigenvalue weighted by Crippen LogP contribution is -2.50. The lowest BCUT2D eigenvalue weighted by molar-refractivity contribution is -0.139. The van der Waals surface area contributed by atoms with Gasteiger partial charge in [-0.15, -0.1) is 0 Å². The lowest BCUT2D eigenvalue weighted by atomic mass is 10.1. The first-order valence-corrected chi connectivity index (χ1v) is 13.3. The molecule has 1 N–H and O–H groups in total. The van der Waals surface area contributed by atoms with E-state index < -0.39 is 28.5 Å². The highest BCUT2D eigenvalue weighted by molar-refractivity contribution is 7.92. The van der Waals surface area contributed by atoms with Crippen molar-refractivity contribution in [2.75, 3.05) is 17.9 Å². The predicted octanol–water partition coefficient (Wildman–Crippen LogP) is 4.66. The largest absolute Gasteiger partial charge is 0.357 e. The first kappa shape index (κ1) is 27.5. The Labute approximate surface area is 221 Å². The van der Waals surface area contributed by atoms with E-state index in [1.54, 1.807) is 25.1 Å². The molecule has 0 aliphatic carbocycles. The Kier molecular flexibility index (Phi) is 9.00. The third-order valence-electron chi connectivity index (χ3n) is 5.64. The molecule has 7 nitrogen and oxygen atoms in total. The second-order valence-electron chi connectivity index (χ2n) is 8.22. The molecule has 0 aliphatic heterocycles. The number of sulfonamides is 1. The fourth-order valence-corrected chi connectivity index (χ4v) is 5.73. The number of carbonyl (C=O) groups excluding carboxylic acids is 2. The molecule has 3 rings (SSSR count). The number of nitrogens with one attached hydrogen (secondary N) is 1. The first-order valence-electron chi connectivity index (χ1n) is 11.1. The third-order valence-corrected chi connectivity index (χ3v) is 7.95. The third kappa shape index (κ3) is 6.37. The highest BCUT2D eigenvalue weighted by Crippen LogP contribution is 2.33. The van der Waals surface area contributed by atoms with Crippen LogP contribution in [0.2, 0.25) is 10.0 Å². The van der Waals surface area contributed by atoms with Crippen LogP contribution in [0.25, 0.3) is 0 Å². The minimum atomic E-state index is -4.19. The molecule has 36 heavy (non-hydrogen) atoms. The van der Waals surface area contributed by atoms with Gasteiger partial charge in [-0.2, -0.15) is 0 Å². The van der Waals surface area contributed by atoms with E-state index >= 15 is 0 Å². The van der Waals surface area contributed by atoms with Gasteiger partial charge in [0.1, 0.15) is 12.6 Å². The van der Waals surface area contributed by atoms with Crippen LogP contribution in [-0.2, 0) is 26.2 Å². The van der Waals surface area contributed by atoms with Gasteiger partial charge in [-0.25, -0.2) is 8.42 Å². The number of halogens is 2. The number of amides is 2. The Morgan fingerprint density at radius 3 is 2.28 bits per heavy atom. The monoisotopic (exact) mass is 547 g/mol. The van der Waals surface area contributed by atoms with Gasteiger partial charge in [0.2, 0.25) is 11.8 Å². The maximum absolute atomic E-state index is 13.7. The van der Waals surface area contributed by atoms with Gasteiger partial charge in [0.15, 0.2) is 0 Å². The van der Waals surface area contributed by atoms with Crippen molar-refractivity contribution in [2.24, 2.45) is 0 Å². The molecule has 0 spiro atoms. The molecule has 0 bridgehead atoms. The molecular formula is C26H27Cl2N3O4S. The number of hydrogen-bond acceptors (Lipinski definition) is 4. The van der Waals surface area contributed by atoms with Crippen LogP contribution in [0.1, 0.15) is 18.1 Å². The second-order valence-corrected chi connectivity index (χ2v) is 10.9. The zero-order valence-electron chi connectivity index (χ0n) is 20.1. The number of anilines is 1. The van der Waals surface area contributed by atoms with E-state index in [0.717, 1.165) is 15.4 Å². The summed E-state index contributed by atoms with van der Waals surface area (Å²) in [4.78, 5) is 27.6. The van der Waals surface area contributed by atoms with Crippen LogP contribution < -0.4 is 9.62 Å². The van der Waals surface area contributed by atoms with Crippen molar-refractivity contribution in [3.8, 4) is 0 Å². The van der Waals surface area contributed by atoms with E-state index in [4.69, 9.17) is 23.2 Å². The van der Waals surface area contributed by atoms with E-state index in [-0.39, 0.29) is 28.1 Å². The van der Waals surface area contributed by atoms with E-state index in [0.29, 0.717) is 5.02 Å². The Morgan fingerprint density at radius 1 is 0.972 bits per heavy atom. The van der Waals surface area contributed by atoms with Crippen LogP contribution >= 0.6 is 23.2 Å². The maximum Gasteiger partial charge on any atom is 0.264 e. The minimum absolute atomic E-state index is 0.00611. The van der Waals surface area contributed by atoms with Gasteiger partial charge >= 0.3 is 0 Å². The standard InChI is InChI=1S/C26H27Cl2N3O4S/c1-18-8-7-9-20(14-18)16-30(19(2)26(33)29-3)25(32)17-31(24-13-12-21(27)15-23(24)28)36(34,35)22-10-5-4-6-11-22/h4-15,19H,16-17H2,1-3H3,(H,29,33)/t19-/m0/s1. The van der Waals surface area contributed by atoms with E-state index in [1.165, 1.54) is 42.3 Å². The minimum Gasteiger partial charge on any atom is -0.357 e. The van der Waals surface area contributed by atoms with Crippen molar-refractivity contribution in [1.82, 2.24) is 10.2 Å². The van der Waals surface area contributed by atoms with Gasteiger partial charge in [0, 0.05) is 18.6 Å². The van der Waals surface area contributed by atoms with Crippen LogP contribution in [0.3, 0.4) is 0 Å². The smallest absolute Gasteiger partial charge is 0.264 e. The zero-order chi connectivity index (χ0) is 26.5. The summed E-state index contributed by atoms with van der Waals surface area (Å²) < 4.78 is 28.3. The van der Waals surface area contributed by atoms with Crippen molar-refractivity contribution >= 4 is 50.7 Å². The Morgan fingerprint density at radius 2 is 1.67 bits per heavy atom. The summed E-state index contributed by atoms with van der Waals surface area (Å²) in [5, 5.41) is 2.94. The molecule has 0 unspecified atom stereocenters. The van der Waals surface area contributed by atoms with Crippen molar-refractivity contribution in [3.63, 3.8) is 0 Å². The molecule has 3 aromatic rings. The Hall–Kier alpha value is -3.07. The van der Waals surface area contributed by atoms with Gasteiger partial charge in [-0.05, 0) is 49.7 Å². The fraction of sp³-hybridized carbons (Fsp3) is 0.231. The number of aryl methyl sites for hydroxylation is 1. The normalized spacial score (nSPS) is 12.0. The average Bonchev–Trinajstić information content (AvgIpc) is 2.85. The van der Waals surface area contributed by atoms with Gasteiger partial charge in [0.25, 0.3) is 10.0 Å². The SMILES string of the molecule is CNC(=O)[C@H](C)N(Cc1cccc(C)c1)C(=O)CN(c1ccc(Cl)cc1Cl)S(=O)(=O)c1ccccc1. The van der Waals surface area contributed by atoms with Crippen LogP contribution in [0.5, 0.6) is 0 Å². The van der Waals surface area contributed by atoms with Crippen molar-refractivity contribution in [3.05, 3.63) is 94.0 Å². The van der Waals surface area contributed by atoms with Crippen molar-refractivity contribution in [2.45, 2.75) is 31.3 Å². The molecule has 0 radical (unpaired) electrons. The molecule has 3 aromatic carbocycles. The molecule has 0 heterocycles. The molecule has 0 saturated heterocycles. The second kappa shape index (κ2) is 11.8. The molecule has 0 fully saturated rings. The van der Waals surface area contributed by atoms with Gasteiger partial charge in [-0.1, -0.05) is 71.2 Å². The van der Waals surface area contributed by atoms with Gasteiger partial charge < -0.3 is 10.2 Å². The van der Waals surface area contributed by atoms with Gasteiger partial charge in [-0.3, -0.25) is 13.9 Å². The summed E-state index contributed by atoms with van der Waals surface area (Å²) in [6, 6.07) is 18.8. The molecule has 190 valence electrons. The molecule has 0 aliphatic rings. The highest BCUT2D eigenvalue weighted by atomic mass is 35.5. The zero-order valence-corrected chi connectivity index (χ0v) is 22.4. The number of nitrogens with zero attached hydrogens (tertiary/aromatic N) is 2.